The van der Waals surface area contributed by atoms with Gasteiger partial charge >= 0.3 is 0 Å². The quantitative estimate of drug-likeness (QED) is 0.236. The minimum absolute atomic E-state index is 1.05. The van der Waals surface area contributed by atoms with Gasteiger partial charge in [-0.25, -0.2) is 0 Å². The van der Waals surface area contributed by atoms with Gasteiger partial charge in [-0.2, -0.15) is 0 Å². The highest BCUT2D eigenvalue weighted by Gasteiger charge is 2.13. The van der Waals surface area contributed by atoms with Gasteiger partial charge in [0.25, 0.3) is 0 Å². The van der Waals surface area contributed by atoms with Crippen molar-refractivity contribution in [2.24, 2.45) is 0 Å². The number of nitrogens with zero attached hydrogens (tertiary/aromatic N) is 2. The van der Waals surface area contributed by atoms with Gasteiger partial charge in [0, 0.05) is 33.9 Å². The molecular formula is C36H24N2. The lowest BCUT2D eigenvalue weighted by Gasteiger charge is -2.25. The largest absolute Gasteiger partial charge is 0.310 e. The van der Waals surface area contributed by atoms with Gasteiger partial charge in [0.1, 0.15) is 0 Å². The molecule has 178 valence electrons. The van der Waals surface area contributed by atoms with E-state index >= 15 is 0 Å². The molecule has 1 aromatic heterocycles. The summed E-state index contributed by atoms with van der Waals surface area (Å²) < 4.78 is 2.35. The van der Waals surface area contributed by atoms with Gasteiger partial charge in [-0.3, -0.25) is 0 Å². The van der Waals surface area contributed by atoms with Crippen LogP contribution >= 0.6 is 0 Å². The third-order valence-corrected chi connectivity index (χ3v) is 7.08. The first-order valence-electron chi connectivity index (χ1n) is 12.8. The Bertz CT molecular complexity index is 1740. The monoisotopic (exact) mass is 484 g/mol. The van der Waals surface area contributed by atoms with E-state index in [1.807, 2.05) is 18.2 Å². The fourth-order valence-electron chi connectivity index (χ4n) is 5.31. The summed E-state index contributed by atoms with van der Waals surface area (Å²) in [5.74, 6) is 0. The highest BCUT2D eigenvalue weighted by molar-refractivity contribution is 6.09. The molecule has 0 amide bonds. The number of rotatable bonds is 5. The molecule has 6 aromatic carbocycles. The van der Waals surface area contributed by atoms with E-state index < -0.39 is 0 Å². The molecule has 0 saturated heterocycles. The van der Waals surface area contributed by atoms with Crippen LogP contribution in [0.25, 0.3) is 38.6 Å². The van der Waals surface area contributed by atoms with E-state index in [4.69, 9.17) is 0 Å². The lowest BCUT2D eigenvalue weighted by Crippen LogP contribution is -2.09. The van der Waals surface area contributed by atoms with Crippen LogP contribution in [0, 0.1) is 12.1 Å². The van der Waals surface area contributed by atoms with Crippen LogP contribution in [-0.2, 0) is 0 Å². The molecule has 0 aliphatic heterocycles. The Morgan fingerprint density at radius 1 is 0.447 bits per heavy atom. The number of hydrogen-bond acceptors (Lipinski definition) is 1. The molecule has 0 fully saturated rings. The molecule has 0 N–H and O–H groups in total. The number of hydrogen-bond donors (Lipinski definition) is 0. The molecule has 7 aromatic rings. The van der Waals surface area contributed by atoms with E-state index in [2.05, 4.69) is 149 Å². The summed E-state index contributed by atoms with van der Waals surface area (Å²) in [4.78, 5) is 2.24. The van der Waals surface area contributed by atoms with Crippen LogP contribution in [0.5, 0.6) is 0 Å². The Morgan fingerprint density at radius 3 is 1.61 bits per heavy atom. The molecule has 0 radical (unpaired) electrons. The first-order valence-corrected chi connectivity index (χ1v) is 12.8. The highest BCUT2D eigenvalue weighted by atomic mass is 15.1. The Labute approximate surface area is 222 Å². The average molecular weight is 485 g/mol. The van der Waals surface area contributed by atoms with E-state index in [0.29, 0.717) is 0 Å². The summed E-state index contributed by atoms with van der Waals surface area (Å²) in [5, 5.41) is 2.55. The summed E-state index contributed by atoms with van der Waals surface area (Å²) in [6.07, 6.45) is 0. The molecule has 2 nitrogen and oxygen atoms in total. The van der Waals surface area contributed by atoms with E-state index in [-0.39, 0.29) is 0 Å². The van der Waals surface area contributed by atoms with Crippen LogP contribution in [0.1, 0.15) is 0 Å². The van der Waals surface area contributed by atoms with Gasteiger partial charge in [-0.05, 0) is 71.8 Å². The van der Waals surface area contributed by atoms with Gasteiger partial charge < -0.3 is 9.47 Å². The summed E-state index contributed by atoms with van der Waals surface area (Å²) in [6, 6.07) is 57.3. The maximum absolute atomic E-state index is 3.09. The second kappa shape index (κ2) is 9.32. The van der Waals surface area contributed by atoms with Crippen LogP contribution in [0.3, 0.4) is 0 Å². The Balaban J connectivity index is 1.24. The molecule has 0 spiro atoms. The van der Waals surface area contributed by atoms with Crippen molar-refractivity contribution in [2.75, 3.05) is 4.90 Å². The zero-order chi connectivity index (χ0) is 25.3. The summed E-state index contributed by atoms with van der Waals surface area (Å²) in [7, 11) is 0. The topological polar surface area (TPSA) is 8.17 Å². The summed E-state index contributed by atoms with van der Waals surface area (Å²) in [6.45, 7) is 0. The predicted molar refractivity (Wildman–Crippen MR) is 159 cm³/mol. The van der Waals surface area contributed by atoms with Gasteiger partial charge in [0.2, 0.25) is 0 Å². The van der Waals surface area contributed by atoms with Crippen LogP contribution in [-0.4, -0.2) is 4.57 Å². The summed E-state index contributed by atoms with van der Waals surface area (Å²) in [5.41, 5.74) is 9.24. The molecule has 0 aliphatic rings. The molecule has 7 rings (SSSR count). The second-order valence-electron chi connectivity index (χ2n) is 9.33. The minimum atomic E-state index is 1.05. The van der Waals surface area contributed by atoms with Crippen molar-refractivity contribution in [1.29, 1.82) is 0 Å². The molecule has 0 atom stereocenters. The zero-order valence-electron chi connectivity index (χ0n) is 20.8. The number of benzene rings is 5. The first-order chi connectivity index (χ1) is 18.9. The number of para-hydroxylation sites is 3. The maximum Gasteiger partial charge on any atom is 0.0551 e. The van der Waals surface area contributed by atoms with Gasteiger partial charge in [-0.15, -0.1) is 0 Å². The maximum atomic E-state index is 3.09. The predicted octanol–water partition coefficient (Wildman–Crippen LogP) is 9.52. The number of aromatic nitrogens is 1. The van der Waals surface area contributed by atoms with Crippen molar-refractivity contribution >= 4 is 38.9 Å². The lowest BCUT2D eigenvalue weighted by molar-refractivity contribution is 1.18. The van der Waals surface area contributed by atoms with E-state index in [9.17, 15) is 0 Å². The minimum Gasteiger partial charge on any atom is -0.310 e. The van der Waals surface area contributed by atoms with E-state index in [1.165, 1.54) is 32.9 Å². The Hall–Kier alpha value is -5.26. The molecule has 0 saturated carbocycles. The fourth-order valence-corrected chi connectivity index (χ4v) is 5.31. The Morgan fingerprint density at radius 2 is 1.00 bits per heavy atom. The van der Waals surface area contributed by atoms with Crippen LogP contribution in [0.15, 0.2) is 146 Å². The van der Waals surface area contributed by atoms with Crippen LogP contribution in [0.2, 0.25) is 0 Å². The molecule has 0 unspecified atom stereocenters. The van der Waals surface area contributed by atoms with E-state index in [1.54, 1.807) is 0 Å². The molecule has 0 bridgehead atoms. The fraction of sp³-hybridized carbons (Fsp3) is 0. The van der Waals surface area contributed by atoms with Crippen molar-refractivity contribution in [1.82, 2.24) is 4.57 Å². The standard InChI is InChI=1S/C36H24N2/c1-3-11-29(12-4-1)37(30-13-5-2-6-14-30)31-23-19-27(20-24-31)28-21-25-32(26-22-28)38-35-17-9-7-15-33(35)34-16-8-10-18-36(34)38/h1,3-5,7-26H. The highest BCUT2D eigenvalue weighted by Crippen LogP contribution is 2.36. The van der Waals surface area contributed by atoms with Crippen molar-refractivity contribution in [3.63, 3.8) is 0 Å². The van der Waals surface area contributed by atoms with Gasteiger partial charge in [-0.1, -0.05) is 91.0 Å². The third-order valence-electron chi connectivity index (χ3n) is 7.08. The second-order valence-corrected chi connectivity index (χ2v) is 9.33. The van der Waals surface area contributed by atoms with Crippen LogP contribution in [0.4, 0.5) is 17.1 Å². The number of fused-ring (bicyclic) bond motifs is 3. The third kappa shape index (κ3) is 3.79. The van der Waals surface area contributed by atoms with Crippen molar-refractivity contribution in [3.05, 3.63) is 158 Å². The van der Waals surface area contributed by atoms with Crippen molar-refractivity contribution < 1.29 is 0 Å². The van der Waals surface area contributed by atoms with Gasteiger partial charge in [0.05, 0.1) is 16.7 Å². The smallest absolute Gasteiger partial charge is 0.0551 e. The SMILES string of the molecule is c1ccc(N(c2ccccc2)c2ccc(-c3ccc(-n4c5ccccc5c5ccccc54)cc3)cc2)cc#1. The normalized spacial score (nSPS) is 10.9. The molecular weight excluding hydrogens is 460 g/mol. The number of anilines is 3. The zero-order valence-corrected chi connectivity index (χ0v) is 20.8. The molecule has 0 aliphatic carbocycles. The van der Waals surface area contributed by atoms with Crippen LogP contribution < -0.4 is 4.90 Å². The molecule has 1 heterocycles. The molecule has 38 heavy (non-hydrogen) atoms. The first kappa shape index (κ1) is 22.0. The lowest BCUT2D eigenvalue weighted by atomic mass is 10.0. The Kier molecular flexibility index (Phi) is 5.39. The van der Waals surface area contributed by atoms with Crippen molar-refractivity contribution in [3.8, 4) is 16.8 Å². The summed E-state index contributed by atoms with van der Waals surface area (Å²) >= 11 is 0. The van der Waals surface area contributed by atoms with E-state index in [0.717, 1.165) is 22.7 Å². The van der Waals surface area contributed by atoms with Crippen molar-refractivity contribution in [2.45, 2.75) is 0 Å². The molecule has 2 heteroatoms. The van der Waals surface area contributed by atoms with Gasteiger partial charge in [0.15, 0.2) is 0 Å². The average Bonchev–Trinajstić information content (AvgIpc) is 3.33.